The van der Waals surface area contributed by atoms with Gasteiger partial charge in [0.2, 0.25) is 5.89 Å². The minimum atomic E-state index is 0.217. The van der Waals surface area contributed by atoms with E-state index in [0.29, 0.717) is 11.8 Å². The van der Waals surface area contributed by atoms with Crippen LogP contribution in [0.15, 0.2) is 4.52 Å². The fourth-order valence-corrected chi connectivity index (χ4v) is 2.64. The second-order valence-electron chi connectivity index (χ2n) is 3.27. The van der Waals surface area contributed by atoms with Gasteiger partial charge in [0.25, 0.3) is 0 Å². The number of rotatable bonds is 2. The number of thioether (sulfide) groups is 1. The molecule has 0 aromatic carbocycles. The number of hydrogen-bond acceptors (Lipinski definition) is 5. The summed E-state index contributed by atoms with van der Waals surface area (Å²) in [5.41, 5.74) is 0. The van der Waals surface area contributed by atoms with Gasteiger partial charge in [-0.05, 0) is 24.3 Å². The normalized spacial score (nSPS) is 17.9. The first-order valence-corrected chi connectivity index (χ1v) is 5.83. The van der Waals surface area contributed by atoms with E-state index >= 15 is 0 Å². The number of nitriles is 1. The zero-order valence-corrected chi connectivity index (χ0v) is 8.59. The van der Waals surface area contributed by atoms with Gasteiger partial charge in [-0.2, -0.15) is 22.0 Å². The summed E-state index contributed by atoms with van der Waals surface area (Å²) in [5.74, 6) is 4.02. The Bertz CT molecular complexity index is 338. The Kier molecular flexibility index (Phi) is 3.04. The van der Waals surface area contributed by atoms with Crippen molar-refractivity contribution in [1.29, 1.82) is 5.26 Å². The van der Waals surface area contributed by atoms with E-state index in [9.17, 15) is 0 Å². The van der Waals surface area contributed by atoms with Crippen LogP contribution in [0.2, 0.25) is 0 Å². The smallest absolute Gasteiger partial charge is 0.240 e. The molecule has 1 aliphatic heterocycles. The molecule has 0 spiro atoms. The lowest BCUT2D eigenvalue weighted by atomic mass is 10.0. The predicted molar refractivity (Wildman–Crippen MR) is 52.9 cm³/mol. The van der Waals surface area contributed by atoms with Gasteiger partial charge < -0.3 is 4.52 Å². The molecule has 0 saturated carbocycles. The number of hydrogen-bond donors (Lipinski definition) is 0. The van der Waals surface area contributed by atoms with E-state index in [2.05, 4.69) is 10.1 Å². The van der Waals surface area contributed by atoms with Crippen molar-refractivity contribution in [3.63, 3.8) is 0 Å². The summed E-state index contributed by atoms with van der Waals surface area (Å²) < 4.78 is 4.97. The summed E-state index contributed by atoms with van der Waals surface area (Å²) >= 11 is 1.97. The van der Waals surface area contributed by atoms with E-state index in [0.717, 1.165) is 18.7 Å². The maximum absolute atomic E-state index is 8.46. The minimum Gasteiger partial charge on any atom is -0.338 e. The third-order valence-electron chi connectivity index (χ3n) is 2.30. The maximum atomic E-state index is 8.46. The zero-order chi connectivity index (χ0) is 9.80. The summed E-state index contributed by atoms with van der Waals surface area (Å²) in [6.07, 6.45) is 2.46. The predicted octanol–water partition coefficient (Wildman–Crippen LogP) is 1.75. The third kappa shape index (κ3) is 2.07. The monoisotopic (exact) mass is 209 g/mol. The Morgan fingerprint density at radius 2 is 2.29 bits per heavy atom. The Morgan fingerprint density at radius 1 is 1.50 bits per heavy atom. The molecule has 5 heteroatoms. The molecular weight excluding hydrogens is 198 g/mol. The molecule has 0 aliphatic carbocycles. The Labute approximate surface area is 86.7 Å². The Hall–Kier alpha value is -1.02. The average Bonchev–Trinajstić information content (AvgIpc) is 2.68. The van der Waals surface area contributed by atoms with Crippen LogP contribution in [0.5, 0.6) is 0 Å². The lowest BCUT2D eigenvalue weighted by Crippen LogP contribution is -2.09. The molecule has 0 unspecified atom stereocenters. The summed E-state index contributed by atoms with van der Waals surface area (Å²) in [7, 11) is 0. The van der Waals surface area contributed by atoms with Gasteiger partial charge in [-0.15, -0.1) is 0 Å². The van der Waals surface area contributed by atoms with E-state index in [1.165, 1.54) is 11.5 Å². The van der Waals surface area contributed by atoms with Crippen LogP contribution in [-0.2, 0) is 6.42 Å². The fourth-order valence-electron chi connectivity index (χ4n) is 1.53. The SMILES string of the molecule is N#CCc1nc(C2CCSCC2)no1. The van der Waals surface area contributed by atoms with Gasteiger partial charge in [-0.25, -0.2) is 0 Å². The van der Waals surface area contributed by atoms with E-state index in [-0.39, 0.29) is 6.42 Å². The van der Waals surface area contributed by atoms with Gasteiger partial charge in [0, 0.05) is 5.92 Å². The molecule has 0 N–H and O–H groups in total. The average molecular weight is 209 g/mol. The van der Waals surface area contributed by atoms with Crippen LogP contribution in [-0.4, -0.2) is 21.6 Å². The molecular formula is C9H11N3OS. The second-order valence-corrected chi connectivity index (χ2v) is 4.49. The fraction of sp³-hybridized carbons (Fsp3) is 0.667. The van der Waals surface area contributed by atoms with Crippen LogP contribution >= 0.6 is 11.8 Å². The number of aromatic nitrogens is 2. The molecule has 1 aliphatic rings. The van der Waals surface area contributed by atoms with Gasteiger partial charge in [0.05, 0.1) is 6.07 Å². The highest BCUT2D eigenvalue weighted by Crippen LogP contribution is 2.29. The number of nitrogens with zero attached hydrogens (tertiary/aromatic N) is 3. The van der Waals surface area contributed by atoms with Gasteiger partial charge in [0.15, 0.2) is 5.82 Å². The van der Waals surface area contributed by atoms with E-state index < -0.39 is 0 Å². The van der Waals surface area contributed by atoms with Crippen molar-refractivity contribution in [2.24, 2.45) is 0 Å². The summed E-state index contributed by atoms with van der Waals surface area (Å²) in [5, 5.41) is 12.4. The van der Waals surface area contributed by atoms with Crippen LogP contribution in [0.1, 0.15) is 30.5 Å². The molecule has 0 atom stereocenters. The lowest BCUT2D eigenvalue weighted by molar-refractivity contribution is 0.375. The second kappa shape index (κ2) is 4.47. The van der Waals surface area contributed by atoms with Crippen LogP contribution in [0, 0.1) is 11.3 Å². The summed E-state index contributed by atoms with van der Waals surface area (Å²) in [6.45, 7) is 0. The van der Waals surface area contributed by atoms with Crippen molar-refractivity contribution in [1.82, 2.24) is 10.1 Å². The standard InChI is InChI=1S/C9H11N3OS/c10-4-1-8-11-9(12-13-8)7-2-5-14-6-3-7/h7H,1-3,5-6H2. The molecule has 0 radical (unpaired) electrons. The largest absolute Gasteiger partial charge is 0.338 e. The molecule has 14 heavy (non-hydrogen) atoms. The first-order chi connectivity index (χ1) is 6.90. The van der Waals surface area contributed by atoms with Crippen LogP contribution in [0.3, 0.4) is 0 Å². The maximum Gasteiger partial charge on any atom is 0.240 e. The van der Waals surface area contributed by atoms with E-state index in [4.69, 9.17) is 9.78 Å². The molecule has 1 saturated heterocycles. The molecule has 1 fully saturated rings. The van der Waals surface area contributed by atoms with Crippen molar-refractivity contribution in [3.05, 3.63) is 11.7 Å². The van der Waals surface area contributed by atoms with Crippen LogP contribution < -0.4 is 0 Å². The van der Waals surface area contributed by atoms with Gasteiger partial charge >= 0.3 is 0 Å². The topological polar surface area (TPSA) is 62.7 Å². The molecule has 74 valence electrons. The molecule has 1 aromatic heterocycles. The van der Waals surface area contributed by atoms with Gasteiger partial charge in [-0.1, -0.05) is 5.16 Å². The first kappa shape index (κ1) is 9.53. The quantitative estimate of drug-likeness (QED) is 0.742. The molecule has 2 rings (SSSR count). The van der Waals surface area contributed by atoms with Gasteiger partial charge in [-0.3, -0.25) is 0 Å². The third-order valence-corrected chi connectivity index (χ3v) is 3.35. The van der Waals surface area contributed by atoms with Crippen LogP contribution in [0.4, 0.5) is 0 Å². The highest BCUT2D eigenvalue weighted by molar-refractivity contribution is 7.99. The summed E-state index contributed by atoms with van der Waals surface area (Å²) in [6, 6.07) is 2.00. The highest BCUT2D eigenvalue weighted by Gasteiger charge is 2.20. The van der Waals surface area contributed by atoms with Gasteiger partial charge in [0.1, 0.15) is 6.42 Å². The van der Waals surface area contributed by atoms with Crippen molar-refractivity contribution >= 4 is 11.8 Å². The highest BCUT2D eigenvalue weighted by atomic mass is 32.2. The lowest BCUT2D eigenvalue weighted by Gasteiger charge is -2.17. The Morgan fingerprint density at radius 3 is 3.00 bits per heavy atom. The summed E-state index contributed by atoms with van der Waals surface area (Å²) in [4.78, 5) is 4.21. The first-order valence-electron chi connectivity index (χ1n) is 4.67. The molecule has 1 aromatic rings. The van der Waals surface area contributed by atoms with Crippen molar-refractivity contribution < 1.29 is 4.52 Å². The molecule has 0 bridgehead atoms. The minimum absolute atomic E-state index is 0.217. The van der Waals surface area contributed by atoms with E-state index in [1.54, 1.807) is 0 Å². The van der Waals surface area contributed by atoms with Crippen molar-refractivity contribution in [3.8, 4) is 6.07 Å². The Balaban J connectivity index is 2.04. The van der Waals surface area contributed by atoms with Crippen molar-refractivity contribution in [2.45, 2.75) is 25.2 Å². The van der Waals surface area contributed by atoms with Crippen LogP contribution in [0.25, 0.3) is 0 Å². The van der Waals surface area contributed by atoms with E-state index in [1.807, 2.05) is 17.8 Å². The zero-order valence-electron chi connectivity index (χ0n) is 7.77. The van der Waals surface area contributed by atoms with Crippen molar-refractivity contribution in [2.75, 3.05) is 11.5 Å². The molecule has 4 nitrogen and oxygen atoms in total. The molecule has 0 amide bonds. The molecule has 2 heterocycles.